The van der Waals surface area contributed by atoms with E-state index in [0.717, 1.165) is 6.08 Å². The summed E-state index contributed by atoms with van der Waals surface area (Å²) < 4.78 is 0. The molecule has 8 heteroatoms. The minimum Gasteiger partial charge on any atom is -0.545 e. The smallest absolute Gasteiger partial charge is 0.255 e. The van der Waals surface area contributed by atoms with Crippen molar-refractivity contribution in [2.45, 2.75) is 0 Å². The number of hydrogen-bond acceptors (Lipinski definition) is 4. The van der Waals surface area contributed by atoms with Gasteiger partial charge < -0.3 is 20.5 Å². The average Bonchev–Trinajstić information content (AvgIpc) is 2.55. The Labute approximate surface area is 153 Å². The standard InChI is InChI=1S/C17H12Cl2N2O4/c18-11-4-5-14(13(19)9-11)21-17(25)10-2-1-3-12(8-10)20-15(22)6-7-16(23)24/h1-9H,(H,20,22)(H,21,25)(H,23,24)/p-1/b7-6-. The molecule has 2 aromatic carbocycles. The summed E-state index contributed by atoms with van der Waals surface area (Å²) in [4.78, 5) is 34.1. The van der Waals surface area contributed by atoms with Gasteiger partial charge in [-0.15, -0.1) is 0 Å². The molecule has 0 spiro atoms. The molecule has 0 fully saturated rings. The molecule has 2 aromatic rings. The van der Waals surface area contributed by atoms with Crippen LogP contribution < -0.4 is 15.7 Å². The summed E-state index contributed by atoms with van der Waals surface area (Å²) in [7, 11) is 0. The van der Waals surface area contributed by atoms with Crippen molar-refractivity contribution in [3.05, 3.63) is 70.2 Å². The van der Waals surface area contributed by atoms with Crippen LogP contribution in [0.3, 0.4) is 0 Å². The Morgan fingerprint density at radius 1 is 0.960 bits per heavy atom. The van der Waals surface area contributed by atoms with Gasteiger partial charge in [0, 0.05) is 22.3 Å². The molecule has 0 bridgehead atoms. The number of carbonyl (C=O) groups is 3. The number of carboxylic acid groups (broad SMARTS) is 1. The zero-order valence-corrected chi connectivity index (χ0v) is 14.1. The van der Waals surface area contributed by atoms with E-state index in [4.69, 9.17) is 23.2 Å². The third kappa shape index (κ3) is 5.63. The fourth-order valence-corrected chi connectivity index (χ4v) is 2.31. The van der Waals surface area contributed by atoms with Crippen LogP contribution in [-0.4, -0.2) is 17.8 Å². The number of aliphatic carboxylic acids is 1. The number of amides is 2. The van der Waals surface area contributed by atoms with Crippen LogP contribution in [0.5, 0.6) is 0 Å². The summed E-state index contributed by atoms with van der Waals surface area (Å²) in [6, 6.07) is 10.8. The predicted octanol–water partition coefficient (Wildman–Crippen LogP) is 2.49. The van der Waals surface area contributed by atoms with Crippen LogP contribution in [0.4, 0.5) is 11.4 Å². The highest BCUT2D eigenvalue weighted by molar-refractivity contribution is 6.36. The number of benzene rings is 2. The minimum absolute atomic E-state index is 0.271. The normalized spacial score (nSPS) is 10.5. The van der Waals surface area contributed by atoms with E-state index in [9.17, 15) is 19.5 Å². The number of halogens is 2. The van der Waals surface area contributed by atoms with E-state index in [-0.39, 0.29) is 10.6 Å². The van der Waals surface area contributed by atoms with Gasteiger partial charge in [0.2, 0.25) is 5.91 Å². The van der Waals surface area contributed by atoms with E-state index in [1.165, 1.54) is 12.1 Å². The van der Waals surface area contributed by atoms with Gasteiger partial charge in [0.1, 0.15) is 0 Å². The van der Waals surface area contributed by atoms with Gasteiger partial charge in [0.05, 0.1) is 16.7 Å². The van der Waals surface area contributed by atoms with Crippen molar-refractivity contribution in [1.29, 1.82) is 0 Å². The topological polar surface area (TPSA) is 98.3 Å². The van der Waals surface area contributed by atoms with Gasteiger partial charge in [0.15, 0.2) is 0 Å². The number of carbonyl (C=O) groups excluding carboxylic acids is 3. The van der Waals surface area contributed by atoms with Crippen LogP contribution >= 0.6 is 23.2 Å². The lowest BCUT2D eigenvalue weighted by atomic mass is 10.1. The molecule has 0 heterocycles. The highest BCUT2D eigenvalue weighted by atomic mass is 35.5. The Morgan fingerprint density at radius 3 is 2.40 bits per heavy atom. The quantitative estimate of drug-likeness (QED) is 0.781. The van der Waals surface area contributed by atoms with Crippen molar-refractivity contribution in [1.82, 2.24) is 0 Å². The Hall–Kier alpha value is -2.83. The second-order valence-electron chi connectivity index (χ2n) is 4.80. The van der Waals surface area contributed by atoms with E-state index < -0.39 is 17.8 Å². The van der Waals surface area contributed by atoms with Gasteiger partial charge >= 0.3 is 0 Å². The summed E-state index contributed by atoms with van der Waals surface area (Å²) in [6.07, 6.45) is 1.42. The zero-order chi connectivity index (χ0) is 18.4. The molecule has 6 nitrogen and oxygen atoms in total. The first-order chi connectivity index (χ1) is 11.8. The first-order valence-corrected chi connectivity index (χ1v) is 7.67. The molecule has 0 radical (unpaired) electrons. The monoisotopic (exact) mass is 377 g/mol. The summed E-state index contributed by atoms with van der Waals surface area (Å²) in [5, 5.41) is 16.1. The first kappa shape index (κ1) is 18.5. The molecule has 0 saturated carbocycles. The second-order valence-corrected chi connectivity index (χ2v) is 5.64. The second kappa shape index (κ2) is 8.32. The largest absolute Gasteiger partial charge is 0.545 e. The molecule has 2 N–H and O–H groups in total. The fraction of sp³-hybridized carbons (Fsp3) is 0. The molecule has 0 unspecified atom stereocenters. The molecule has 0 aliphatic heterocycles. The van der Waals surface area contributed by atoms with Crippen molar-refractivity contribution >= 4 is 52.4 Å². The van der Waals surface area contributed by atoms with E-state index in [2.05, 4.69) is 10.6 Å². The molecule has 0 aliphatic rings. The van der Waals surface area contributed by atoms with Gasteiger partial charge in [-0.3, -0.25) is 9.59 Å². The van der Waals surface area contributed by atoms with Crippen LogP contribution in [-0.2, 0) is 9.59 Å². The Kier molecular flexibility index (Phi) is 6.16. The molecule has 25 heavy (non-hydrogen) atoms. The zero-order valence-electron chi connectivity index (χ0n) is 12.6. The summed E-state index contributed by atoms with van der Waals surface area (Å²) in [6.45, 7) is 0. The van der Waals surface area contributed by atoms with Gasteiger partial charge in [-0.25, -0.2) is 0 Å². The molecule has 0 aliphatic carbocycles. The summed E-state index contributed by atoms with van der Waals surface area (Å²) in [5.41, 5.74) is 0.984. The SMILES string of the molecule is O=C([O-])/C=C\C(=O)Nc1cccc(C(=O)Nc2ccc(Cl)cc2Cl)c1. The summed E-state index contributed by atoms with van der Waals surface area (Å²) >= 11 is 11.8. The number of carboxylic acids is 1. The van der Waals surface area contributed by atoms with Gasteiger partial charge in [-0.1, -0.05) is 29.3 Å². The first-order valence-electron chi connectivity index (χ1n) is 6.91. The average molecular weight is 378 g/mol. The highest BCUT2D eigenvalue weighted by Gasteiger charge is 2.10. The Morgan fingerprint density at radius 2 is 1.72 bits per heavy atom. The fourth-order valence-electron chi connectivity index (χ4n) is 1.85. The van der Waals surface area contributed by atoms with Crippen LogP contribution in [0.2, 0.25) is 10.0 Å². The number of anilines is 2. The van der Waals surface area contributed by atoms with Gasteiger partial charge in [-0.05, 0) is 42.5 Å². The van der Waals surface area contributed by atoms with Crippen molar-refractivity contribution in [2.24, 2.45) is 0 Å². The molecule has 0 aromatic heterocycles. The molecule has 0 saturated heterocycles. The highest BCUT2D eigenvalue weighted by Crippen LogP contribution is 2.26. The van der Waals surface area contributed by atoms with Crippen LogP contribution in [0.25, 0.3) is 0 Å². The van der Waals surface area contributed by atoms with Crippen LogP contribution in [0, 0.1) is 0 Å². The van der Waals surface area contributed by atoms with E-state index in [1.54, 1.807) is 30.3 Å². The van der Waals surface area contributed by atoms with E-state index >= 15 is 0 Å². The van der Waals surface area contributed by atoms with Crippen molar-refractivity contribution in [3.8, 4) is 0 Å². The van der Waals surface area contributed by atoms with Crippen molar-refractivity contribution < 1.29 is 19.5 Å². The molecule has 0 atom stereocenters. The number of nitrogens with one attached hydrogen (secondary N) is 2. The lowest BCUT2D eigenvalue weighted by Gasteiger charge is -2.09. The lowest BCUT2D eigenvalue weighted by Crippen LogP contribution is -2.20. The molecule has 128 valence electrons. The molecular weight excluding hydrogens is 367 g/mol. The maximum absolute atomic E-state index is 12.3. The third-order valence-electron chi connectivity index (χ3n) is 2.94. The molecule has 2 amide bonds. The maximum atomic E-state index is 12.3. The predicted molar refractivity (Wildman–Crippen MR) is 93.6 cm³/mol. The third-order valence-corrected chi connectivity index (χ3v) is 3.49. The van der Waals surface area contributed by atoms with Crippen molar-refractivity contribution in [2.75, 3.05) is 10.6 Å². The Balaban J connectivity index is 2.10. The van der Waals surface area contributed by atoms with Crippen molar-refractivity contribution in [3.63, 3.8) is 0 Å². The lowest BCUT2D eigenvalue weighted by molar-refractivity contribution is -0.297. The van der Waals surface area contributed by atoms with E-state index in [1.807, 2.05) is 0 Å². The number of rotatable bonds is 5. The minimum atomic E-state index is -1.48. The van der Waals surface area contributed by atoms with Gasteiger partial charge in [-0.2, -0.15) is 0 Å². The maximum Gasteiger partial charge on any atom is 0.255 e. The Bertz CT molecular complexity index is 865. The number of hydrogen-bond donors (Lipinski definition) is 2. The van der Waals surface area contributed by atoms with Crippen LogP contribution in [0.1, 0.15) is 10.4 Å². The molecular formula is C17H11Cl2N2O4-. The summed E-state index contributed by atoms with van der Waals surface area (Å²) in [5.74, 6) is -2.59. The van der Waals surface area contributed by atoms with E-state index in [0.29, 0.717) is 22.5 Å². The van der Waals surface area contributed by atoms with Gasteiger partial charge in [0.25, 0.3) is 5.91 Å². The van der Waals surface area contributed by atoms with Crippen LogP contribution in [0.15, 0.2) is 54.6 Å². The molecule has 2 rings (SSSR count).